The zero-order chi connectivity index (χ0) is 43.5. The Morgan fingerprint density at radius 3 is 1.65 bits per heavy atom. The molecule has 0 amide bonds. The molecule has 0 saturated carbocycles. The molecule has 1 aromatic heterocycles. The lowest BCUT2D eigenvalue weighted by Gasteiger charge is -2.31. The zero-order valence-electron chi connectivity index (χ0n) is 36.4. The molecule has 2 heteroatoms. The third kappa shape index (κ3) is 6.57. The average Bonchev–Trinajstić information content (AvgIpc) is 3.86. The maximum absolute atomic E-state index is 6.53. The van der Waals surface area contributed by atoms with Gasteiger partial charge in [0.2, 0.25) is 0 Å². The molecule has 12 rings (SSSR count). The summed E-state index contributed by atoms with van der Waals surface area (Å²) in [6.45, 7) is 4.72. The first kappa shape index (κ1) is 38.5. The van der Waals surface area contributed by atoms with E-state index in [2.05, 4.69) is 249 Å². The summed E-state index contributed by atoms with van der Waals surface area (Å²) >= 11 is 0. The van der Waals surface area contributed by atoms with Gasteiger partial charge in [0, 0.05) is 38.7 Å². The van der Waals surface area contributed by atoms with Crippen molar-refractivity contribution in [1.29, 1.82) is 0 Å². The molecule has 0 spiro atoms. The van der Waals surface area contributed by atoms with Crippen LogP contribution in [-0.4, -0.2) is 0 Å². The van der Waals surface area contributed by atoms with Crippen LogP contribution in [0.15, 0.2) is 241 Å². The Bertz CT molecular complexity index is 3560. The Labute approximate surface area is 380 Å². The van der Waals surface area contributed by atoms with E-state index in [-0.39, 0.29) is 5.41 Å². The van der Waals surface area contributed by atoms with Gasteiger partial charge < -0.3 is 9.32 Å². The second kappa shape index (κ2) is 15.6. The smallest absolute Gasteiger partial charge is 0.143 e. The second-order valence-electron chi connectivity index (χ2n) is 17.7. The highest BCUT2D eigenvalue weighted by atomic mass is 16.3. The van der Waals surface area contributed by atoms with Crippen molar-refractivity contribution in [1.82, 2.24) is 0 Å². The van der Waals surface area contributed by atoms with Gasteiger partial charge in [-0.3, -0.25) is 0 Å². The Morgan fingerprint density at radius 2 is 0.877 bits per heavy atom. The fourth-order valence-electron chi connectivity index (χ4n) is 10.3. The number of para-hydroxylation sites is 2. The number of hydrogen-bond donors (Lipinski definition) is 0. The van der Waals surface area contributed by atoms with E-state index in [1.54, 1.807) is 0 Å². The predicted octanol–water partition coefficient (Wildman–Crippen LogP) is 17.7. The Morgan fingerprint density at radius 1 is 0.338 bits per heavy atom. The number of fused-ring (bicyclic) bond motifs is 6. The quantitative estimate of drug-likeness (QED) is 0.152. The van der Waals surface area contributed by atoms with Gasteiger partial charge in [-0.1, -0.05) is 202 Å². The molecule has 0 radical (unpaired) electrons. The number of anilines is 3. The van der Waals surface area contributed by atoms with E-state index in [9.17, 15) is 0 Å². The van der Waals surface area contributed by atoms with Crippen molar-refractivity contribution in [2.24, 2.45) is 0 Å². The fourth-order valence-corrected chi connectivity index (χ4v) is 10.3. The van der Waals surface area contributed by atoms with E-state index >= 15 is 0 Å². The summed E-state index contributed by atoms with van der Waals surface area (Å²) in [5.74, 6) is 0. The molecule has 308 valence electrons. The monoisotopic (exact) mass is 831 g/mol. The van der Waals surface area contributed by atoms with Gasteiger partial charge in [0.15, 0.2) is 0 Å². The van der Waals surface area contributed by atoms with Crippen LogP contribution >= 0.6 is 0 Å². The summed E-state index contributed by atoms with van der Waals surface area (Å²) in [5.41, 5.74) is 21.8. The van der Waals surface area contributed by atoms with Crippen molar-refractivity contribution in [2.75, 3.05) is 4.90 Å². The third-order valence-electron chi connectivity index (χ3n) is 13.5. The lowest BCUT2D eigenvalue weighted by Crippen LogP contribution is -2.17. The van der Waals surface area contributed by atoms with E-state index in [0.29, 0.717) is 0 Å². The molecule has 0 atom stereocenters. The first-order valence-electron chi connectivity index (χ1n) is 22.5. The largest absolute Gasteiger partial charge is 0.455 e. The average molecular weight is 832 g/mol. The number of hydrogen-bond acceptors (Lipinski definition) is 2. The summed E-state index contributed by atoms with van der Waals surface area (Å²) in [7, 11) is 0. The molecular weight excluding hydrogens is 787 g/mol. The normalized spacial score (nSPS) is 12.6. The summed E-state index contributed by atoms with van der Waals surface area (Å²) in [6.07, 6.45) is 0. The van der Waals surface area contributed by atoms with Gasteiger partial charge in [-0.15, -0.1) is 0 Å². The van der Waals surface area contributed by atoms with Crippen LogP contribution in [0.3, 0.4) is 0 Å². The zero-order valence-corrected chi connectivity index (χ0v) is 36.4. The molecule has 0 unspecified atom stereocenters. The summed E-state index contributed by atoms with van der Waals surface area (Å²) in [5, 5.41) is 2.26. The van der Waals surface area contributed by atoms with E-state index in [4.69, 9.17) is 4.42 Å². The second-order valence-corrected chi connectivity index (χ2v) is 17.7. The van der Waals surface area contributed by atoms with Gasteiger partial charge in [-0.25, -0.2) is 0 Å². The third-order valence-corrected chi connectivity index (χ3v) is 13.5. The van der Waals surface area contributed by atoms with Crippen LogP contribution in [0, 0.1) is 0 Å². The molecule has 0 fully saturated rings. The van der Waals surface area contributed by atoms with Crippen molar-refractivity contribution in [2.45, 2.75) is 19.3 Å². The molecule has 0 N–H and O–H groups in total. The lowest BCUT2D eigenvalue weighted by molar-refractivity contribution is 0.660. The molecule has 1 heterocycles. The molecule has 11 aromatic rings. The van der Waals surface area contributed by atoms with Gasteiger partial charge in [-0.2, -0.15) is 0 Å². The maximum Gasteiger partial charge on any atom is 0.143 e. The Balaban J connectivity index is 1.09. The molecule has 1 aliphatic rings. The van der Waals surface area contributed by atoms with Crippen LogP contribution in [0.1, 0.15) is 25.0 Å². The van der Waals surface area contributed by atoms with Crippen LogP contribution in [0.2, 0.25) is 0 Å². The minimum Gasteiger partial charge on any atom is -0.455 e. The number of furan rings is 1. The van der Waals surface area contributed by atoms with Crippen molar-refractivity contribution < 1.29 is 4.42 Å². The Kier molecular flexibility index (Phi) is 9.21. The van der Waals surface area contributed by atoms with E-state index in [1.165, 1.54) is 44.5 Å². The standard InChI is InChI=1S/C63H45NO/c1-63(2)57-30-11-9-25-53(57)54-38-37-50(41-58(54)63)64(49-35-33-44(34-36-49)52-28-15-29-56-55-26-10-12-32-60(55)65-62(52)56)59-31-16-27-51(47-23-13-21-45(39-47)42-17-5-3-6-18-42)61(59)48-24-14-22-46(40-48)43-19-7-4-8-20-43/h3-41H,1-2H3. The predicted molar refractivity (Wildman–Crippen MR) is 273 cm³/mol. The topological polar surface area (TPSA) is 16.4 Å². The van der Waals surface area contributed by atoms with E-state index in [0.717, 1.165) is 72.4 Å². The van der Waals surface area contributed by atoms with Crippen LogP contribution in [0.4, 0.5) is 17.1 Å². The molecule has 1 aliphatic carbocycles. The minimum atomic E-state index is -0.171. The molecule has 0 bridgehead atoms. The molecule has 0 saturated heterocycles. The van der Waals surface area contributed by atoms with Gasteiger partial charge in [0.05, 0.1) is 5.69 Å². The van der Waals surface area contributed by atoms with Crippen molar-refractivity contribution in [3.05, 3.63) is 248 Å². The molecule has 0 aliphatic heterocycles. The highest BCUT2D eigenvalue weighted by Crippen LogP contribution is 2.52. The maximum atomic E-state index is 6.53. The van der Waals surface area contributed by atoms with Gasteiger partial charge in [-0.05, 0) is 115 Å². The van der Waals surface area contributed by atoms with Crippen molar-refractivity contribution >= 4 is 39.0 Å². The van der Waals surface area contributed by atoms with Crippen molar-refractivity contribution in [3.63, 3.8) is 0 Å². The van der Waals surface area contributed by atoms with Crippen LogP contribution in [-0.2, 0) is 5.41 Å². The van der Waals surface area contributed by atoms with Crippen LogP contribution in [0.5, 0.6) is 0 Å². The number of benzene rings is 10. The van der Waals surface area contributed by atoms with E-state index in [1.807, 2.05) is 6.07 Å². The highest BCUT2D eigenvalue weighted by molar-refractivity contribution is 6.09. The molecule has 2 nitrogen and oxygen atoms in total. The van der Waals surface area contributed by atoms with E-state index < -0.39 is 0 Å². The van der Waals surface area contributed by atoms with Gasteiger partial charge in [0.25, 0.3) is 0 Å². The molecule has 10 aromatic carbocycles. The fraction of sp³-hybridized carbons (Fsp3) is 0.0476. The summed E-state index contributed by atoms with van der Waals surface area (Å²) in [4.78, 5) is 2.47. The summed E-state index contributed by atoms with van der Waals surface area (Å²) in [6, 6.07) is 86.0. The van der Waals surface area contributed by atoms with Crippen molar-refractivity contribution in [3.8, 4) is 66.8 Å². The first-order chi connectivity index (χ1) is 32.0. The number of rotatable bonds is 8. The summed E-state index contributed by atoms with van der Waals surface area (Å²) < 4.78 is 6.53. The SMILES string of the molecule is CC1(C)c2ccccc2-c2ccc(N(c3ccc(-c4cccc5c4oc4ccccc45)cc3)c3cccc(-c4cccc(-c5ccccc5)c4)c3-c3cccc(-c4ccccc4)c3)cc21. The minimum absolute atomic E-state index is 0.171. The lowest BCUT2D eigenvalue weighted by atomic mass is 9.82. The van der Waals surface area contributed by atoms with Crippen LogP contribution in [0.25, 0.3) is 88.7 Å². The van der Waals surface area contributed by atoms with Gasteiger partial charge >= 0.3 is 0 Å². The van der Waals surface area contributed by atoms with Crippen LogP contribution < -0.4 is 4.90 Å². The molecular formula is C63H45NO. The first-order valence-corrected chi connectivity index (χ1v) is 22.5. The molecule has 65 heavy (non-hydrogen) atoms. The number of nitrogens with zero attached hydrogens (tertiary/aromatic N) is 1. The van der Waals surface area contributed by atoms with Gasteiger partial charge in [0.1, 0.15) is 11.2 Å². The Hall–Kier alpha value is -8.20. The highest BCUT2D eigenvalue weighted by Gasteiger charge is 2.36.